The highest BCUT2D eigenvalue weighted by Gasteiger charge is 2.13. The summed E-state index contributed by atoms with van der Waals surface area (Å²) in [6, 6.07) is 6.58. The van der Waals surface area contributed by atoms with Gasteiger partial charge in [0.15, 0.2) is 6.73 Å². The van der Waals surface area contributed by atoms with Crippen molar-refractivity contribution < 1.29 is 9.53 Å². The summed E-state index contributed by atoms with van der Waals surface area (Å²) in [5.41, 5.74) is 1.19. The van der Waals surface area contributed by atoms with E-state index in [0.717, 1.165) is 16.7 Å². The Kier molecular flexibility index (Phi) is 6.41. The molecule has 0 aliphatic carbocycles. The van der Waals surface area contributed by atoms with Gasteiger partial charge in [-0.3, -0.25) is 9.48 Å². The minimum Gasteiger partial charge on any atom is -0.470 e. The van der Waals surface area contributed by atoms with Crippen LogP contribution in [0.1, 0.15) is 23.1 Å². The third-order valence-corrected chi connectivity index (χ3v) is 4.93. The molecule has 1 aromatic carbocycles. The van der Waals surface area contributed by atoms with Gasteiger partial charge in [-0.25, -0.2) is 4.68 Å². The van der Waals surface area contributed by atoms with E-state index in [-0.39, 0.29) is 12.6 Å². The van der Waals surface area contributed by atoms with Gasteiger partial charge in [0.1, 0.15) is 11.4 Å². The molecule has 7 nitrogen and oxygen atoms in total. The molecule has 3 aromatic rings. The number of ether oxygens (including phenoxy) is 1. The predicted molar refractivity (Wildman–Crippen MR) is 106 cm³/mol. The van der Waals surface area contributed by atoms with Crippen molar-refractivity contribution in [2.45, 2.75) is 26.7 Å². The number of aromatic nitrogens is 4. The van der Waals surface area contributed by atoms with Crippen molar-refractivity contribution >= 4 is 45.0 Å². The van der Waals surface area contributed by atoms with Crippen LogP contribution >= 0.6 is 39.1 Å². The van der Waals surface area contributed by atoms with Crippen LogP contribution in [-0.2, 0) is 19.8 Å². The molecule has 0 atom stereocenters. The van der Waals surface area contributed by atoms with Crippen LogP contribution in [0.5, 0.6) is 5.75 Å². The molecule has 2 heterocycles. The van der Waals surface area contributed by atoms with Gasteiger partial charge in [-0.05, 0) is 47.1 Å². The van der Waals surface area contributed by atoms with Crippen molar-refractivity contribution in [3.8, 4) is 5.75 Å². The number of aryl methyl sites for hydroxylation is 1. The highest BCUT2D eigenvalue weighted by molar-refractivity contribution is 9.10. The number of rotatable bonds is 7. The molecule has 2 aromatic heterocycles. The van der Waals surface area contributed by atoms with E-state index in [1.807, 2.05) is 11.6 Å². The molecule has 0 radical (unpaired) electrons. The standard InChI is InChI=1S/C17H16BrCl2N5O2/c1-2-25-15(12(18)8-22-25)9-21-17(26)14-5-6-24(23-14)10-27-16-4-3-11(19)7-13(16)20/h3-8H,2,9-10H2,1H3,(H,21,26). The molecule has 0 aliphatic heterocycles. The monoisotopic (exact) mass is 471 g/mol. The summed E-state index contributed by atoms with van der Waals surface area (Å²) in [6.07, 6.45) is 3.36. The van der Waals surface area contributed by atoms with Crippen molar-refractivity contribution in [3.63, 3.8) is 0 Å². The lowest BCUT2D eigenvalue weighted by Gasteiger charge is -2.08. The summed E-state index contributed by atoms with van der Waals surface area (Å²) < 4.78 is 9.76. The quantitative estimate of drug-likeness (QED) is 0.560. The summed E-state index contributed by atoms with van der Waals surface area (Å²) in [5, 5.41) is 12.2. The lowest BCUT2D eigenvalue weighted by Crippen LogP contribution is -2.25. The molecule has 0 saturated heterocycles. The summed E-state index contributed by atoms with van der Waals surface area (Å²) in [6.45, 7) is 3.16. The van der Waals surface area contributed by atoms with Gasteiger partial charge >= 0.3 is 0 Å². The predicted octanol–water partition coefficient (Wildman–Crippen LogP) is 4.14. The molecular formula is C17H16BrCl2N5O2. The number of benzene rings is 1. The van der Waals surface area contributed by atoms with Crippen LogP contribution in [0, 0.1) is 0 Å². The van der Waals surface area contributed by atoms with E-state index in [4.69, 9.17) is 27.9 Å². The van der Waals surface area contributed by atoms with Crippen LogP contribution in [0.3, 0.4) is 0 Å². The van der Waals surface area contributed by atoms with Gasteiger partial charge in [-0.2, -0.15) is 10.2 Å². The van der Waals surface area contributed by atoms with Crippen LogP contribution in [0.4, 0.5) is 0 Å². The Morgan fingerprint density at radius 1 is 1.33 bits per heavy atom. The van der Waals surface area contributed by atoms with E-state index in [1.165, 1.54) is 4.68 Å². The molecular weight excluding hydrogens is 457 g/mol. The van der Waals surface area contributed by atoms with Gasteiger partial charge in [-0.15, -0.1) is 0 Å². The molecule has 0 spiro atoms. The largest absolute Gasteiger partial charge is 0.470 e. The second kappa shape index (κ2) is 8.77. The van der Waals surface area contributed by atoms with Crippen molar-refractivity contribution in [2.75, 3.05) is 0 Å². The van der Waals surface area contributed by atoms with E-state index < -0.39 is 0 Å². The van der Waals surface area contributed by atoms with Crippen molar-refractivity contribution in [3.05, 3.63) is 62.6 Å². The molecule has 142 valence electrons. The first-order valence-electron chi connectivity index (χ1n) is 8.07. The second-order valence-corrected chi connectivity index (χ2v) is 7.22. The zero-order chi connectivity index (χ0) is 19.4. The molecule has 10 heteroatoms. The number of carbonyl (C=O) groups is 1. The smallest absolute Gasteiger partial charge is 0.272 e. The van der Waals surface area contributed by atoms with Gasteiger partial charge in [0.05, 0.1) is 27.9 Å². The van der Waals surface area contributed by atoms with E-state index in [0.29, 0.717) is 28.0 Å². The molecule has 0 fully saturated rings. The SMILES string of the molecule is CCn1ncc(Br)c1CNC(=O)c1ccn(COc2ccc(Cl)cc2Cl)n1. The van der Waals surface area contributed by atoms with Gasteiger partial charge in [-0.1, -0.05) is 23.2 Å². The number of nitrogens with zero attached hydrogens (tertiary/aromatic N) is 4. The fourth-order valence-electron chi connectivity index (χ4n) is 2.37. The molecule has 3 rings (SSSR count). The minimum atomic E-state index is -0.283. The van der Waals surface area contributed by atoms with E-state index in [1.54, 1.807) is 36.7 Å². The number of amides is 1. The topological polar surface area (TPSA) is 74.0 Å². The van der Waals surface area contributed by atoms with Gasteiger partial charge in [0.25, 0.3) is 5.91 Å². The lowest BCUT2D eigenvalue weighted by atomic mass is 10.3. The summed E-state index contributed by atoms with van der Waals surface area (Å²) in [4.78, 5) is 12.3. The molecule has 0 aliphatic rings. The fraction of sp³-hybridized carbons (Fsp3) is 0.235. The first-order chi connectivity index (χ1) is 13.0. The van der Waals surface area contributed by atoms with E-state index in [9.17, 15) is 4.79 Å². The highest BCUT2D eigenvalue weighted by Crippen LogP contribution is 2.27. The van der Waals surface area contributed by atoms with Crippen molar-refractivity contribution in [2.24, 2.45) is 0 Å². The Labute approximate surface area is 174 Å². The maximum Gasteiger partial charge on any atom is 0.272 e. The average Bonchev–Trinajstić information content (AvgIpc) is 3.25. The number of halogens is 3. The Balaban J connectivity index is 1.58. The Morgan fingerprint density at radius 2 is 2.15 bits per heavy atom. The van der Waals surface area contributed by atoms with Crippen molar-refractivity contribution in [1.29, 1.82) is 0 Å². The zero-order valence-corrected chi connectivity index (χ0v) is 17.4. The molecule has 0 saturated carbocycles. The maximum absolute atomic E-state index is 12.3. The summed E-state index contributed by atoms with van der Waals surface area (Å²) >= 11 is 15.4. The van der Waals surface area contributed by atoms with Crippen molar-refractivity contribution in [1.82, 2.24) is 24.9 Å². The second-order valence-electron chi connectivity index (χ2n) is 5.53. The first kappa shape index (κ1) is 19.7. The number of hydrogen-bond acceptors (Lipinski definition) is 4. The fourth-order valence-corrected chi connectivity index (χ4v) is 3.27. The maximum atomic E-state index is 12.3. The van der Waals surface area contributed by atoms with Gasteiger partial charge in [0, 0.05) is 17.8 Å². The van der Waals surface area contributed by atoms with Crippen LogP contribution in [0.15, 0.2) is 41.1 Å². The molecule has 27 heavy (non-hydrogen) atoms. The van der Waals surface area contributed by atoms with E-state index >= 15 is 0 Å². The molecule has 0 unspecified atom stereocenters. The number of carbonyl (C=O) groups excluding carboxylic acids is 1. The van der Waals surface area contributed by atoms with Gasteiger partial charge in [0.2, 0.25) is 0 Å². The summed E-state index contributed by atoms with van der Waals surface area (Å²) in [5.74, 6) is 0.203. The molecule has 1 amide bonds. The van der Waals surface area contributed by atoms with Crippen LogP contribution < -0.4 is 10.1 Å². The highest BCUT2D eigenvalue weighted by atomic mass is 79.9. The third kappa shape index (κ3) is 4.82. The van der Waals surface area contributed by atoms with Gasteiger partial charge < -0.3 is 10.1 Å². The van der Waals surface area contributed by atoms with Crippen LogP contribution in [0.25, 0.3) is 0 Å². The minimum absolute atomic E-state index is 0.114. The zero-order valence-electron chi connectivity index (χ0n) is 14.3. The lowest BCUT2D eigenvalue weighted by molar-refractivity contribution is 0.0942. The normalized spacial score (nSPS) is 10.8. The number of nitrogens with one attached hydrogen (secondary N) is 1. The average molecular weight is 473 g/mol. The Bertz CT molecular complexity index is 957. The number of hydrogen-bond donors (Lipinski definition) is 1. The summed E-state index contributed by atoms with van der Waals surface area (Å²) in [7, 11) is 0. The van der Waals surface area contributed by atoms with Crippen LogP contribution in [0.2, 0.25) is 10.0 Å². The Morgan fingerprint density at radius 3 is 2.89 bits per heavy atom. The third-order valence-electron chi connectivity index (χ3n) is 3.73. The molecule has 0 bridgehead atoms. The van der Waals surface area contributed by atoms with E-state index in [2.05, 4.69) is 31.4 Å². The molecule has 1 N–H and O–H groups in total. The Hall–Kier alpha value is -2.03. The first-order valence-corrected chi connectivity index (χ1v) is 9.62. The van der Waals surface area contributed by atoms with Crippen LogP contribution in [-0.4, -0.2) is 25.5 Å².